The summed E-state index contributed by atoms with van der Waals surface area (Å²) in [7, 11) is 0. The van der Waals surface area contributed by atoms with Gasteiger partial charge in [-0.2, -0.15) is 15.4 Å². The first kappa shape index (κ1) is 12.9. The van der Waals surface area contributed by atoms with E-state index in [2.05, 4.69) is 15.4 Å². The number of carbonyl (C=O) groups excluding carboxylic acids is 1. The third-order valence-electron chi connectivity index (χ3n) is 3.80. The highest BCUT2D eigenvalue weighted by molar-refractivity contribution is 5.96. The number of β-amino-alcohol motifs (C(OH)–C–C–N with tert-alkyl or cyclic N) is 1. The first-order valence-electron chi connectivity index (χ1n) is 6.44. The minimum absolute atomic E-state index is 0.117. The molecule has 0 aromatic carbocycles. The number of likely N-dealkylation sites (tertiary alicyclic amines) is 1. The van der Waals surface area contributed by atoms with Gasteiger partial charge in [0.25, 0.3) is 5.91 Å². The van der Waals surface area contributed by atoms with E-state index in [0.29, 0.717) is 30.0 Å². The smallest absolute Gasteiger partial charge is 0.257 e. The van der Waals surface area contributed by atoms with Crippen LogP contribution in [0.2, 0.25) is 0 Å². The normalized spacial score (nSPS) is 22.4. The largest absolute Gasteiger partial charge is 0.469 e. The fourth-order valence-corrected chi connectivity index (χ4v) is 2.65. The SMILES string of the molecule is Cc1coc(C)c1C(=O)N1CC[C@@](O)(c2cn[nH]n2)C1. The molecular weight excluding hydrogens is 260 g/mol. The van der Waals surface area contributed by atoms with Crippen LogP contribution in [0.25, 0.3) is 0 Å². The Labute approximate surface area is 115 Å². The Morgan fingerprint density at radius 2 is 2.35 bits per heavy atom. The summed E-state index contributed by atoms with van der Waals surface area (Å²) in [5.41, 5.74) is 0.723. The molecule has 2 aromatic rings. The van der Waals surface area contributed by atoms with Crippen LogP contribution < -0.4 is 0 Å². The van der Waals surface area contributed by atoms with Crippen molar-refractivity contribution in [3.63, 3.8) is 0 Å². The number of nitrogens with one attached hydrogen (secondary N) is 1. The number of aromatic amines is 1. The second kappa shape index (κ2) is 4.45. The summed E-state index contributed by atoms with van der Waals surface area (Å²) in [6, 6.07) is 0. The zero-order chi connectivity index (χ0) is 14.3. The summed E-state index contributed by atoms with van der Waals surface area (Å²) >= 11 is 0. The van der Waals surface area contributed by atoms with Crippen LogP contribution in [0.5, 0.6) is 0 Å². The average molecular weight is 276 g/mol. The molecule has 1 amide bonds. The van der Waals surface area contributed by atoms with E-state index in [1.54, 1.807) is 18.1 Å². The molecule has 2 aromatic heterocycles. The van der Waals surface area contributed by atoms with Gasteiger partial charge >= 0.3 is 0 Å². The summed E-state index contributed by atoms with van der Waals surface area (Å²) in [6.07, 6.45) is 3.51. The second-order valence-electron chi connectivity index (χ2n) is 5.21. The number of amides is 1. The molecule has 20 heavy (non-hydrogen) atoms. The number of carbonyl (C=O) groups is 1. The lowest BCUT2D eigenvalue weighted by Crippen LogP contribution is -2.35. The fraction of sp³-hybridized carbons (Fsp3) is 0.462. The molecule has 3 heterocycles. The number of nitrogens with zero attached hydrogens (tertiary/aromatic N) is 3. The van der Waals surface area contributed by atoms with Crippen molar-refractivity contribution in [2.75, 3.05) is 13.1 Å². The number of furan rings is 1. The Kier molecular flexibility index (Phi) is 2.86. The monoisotopic (exact) mass is 276 g/mol. The maximum absolute atomic E-state index is 12.5. The van der Waals surface area contributed by atoms with Gasteiger partial charge in [0, 0.05) is 18.5 Å². The molecule has 1 fully saturated rings. The number of hydrogen-bond donors (Lipinski definition) is 2. The first-order chi connectivity index (χ1) is 9.51. The van der Waals surface area contributed by atoms with E-state index in [4.69, 9.17) is 4.42 Å². The Morgan fingerprint density at radius 1 is 1.55 bits per heavy atom. The molecule has 0 aliphatic carbocycles. The van der Waals surface area contributed by atoms with Crippen molar-refractivity contribution in [1.82, 2.24) is 20.3 Å². The standard InChI is InChI=1S/C13H16N4O3/c1-8-6-20-9(2)11(8)12(18)17-4-3-13(19,7-17)10-5-14-16-15-10/h5-6,19H,3-4,7H2,1-2H3,(H,14,15,16)/t13-/m0/s1. The van der Waals surface area contributed by atoms with E-state index in [1.807, 2.05) is 6.92 Å². The van der Waals surface area contributed by atoms with E-state index in [9.17, 15) is 9.90 Å². The zero-order valence-corrected chi connectivity index (χ0v) is 11.4. The third-order valence-corrected chi connectivity index (χ3v) is 3.80. The summed E-state index contributed by atoms with van der Waals surface area (Å²) in [4.78, 5) is 14.1. The van der Waals surface area contributed by atoms with Gasteiger partial charge in [-0.1, -0.05) is 0 Å². The van der Waals surface area contributed by atoms with Gasteiger partial charge in [0.1, 0.15) is 17.1 Å². The van der Waals surface area contributed by atoms with Crippen LogP contribution in [0.15, 0.2) is 16.9 Å². The van der Waals surface area contributed by atoms with E-state index >= 15 is 0 Å². The van der Waals surface area contributed by atoms with Crippen LogP contribution in [-0.4, -0.2) is 44.4 Å². The van der Waals surface area contributed by atoms with Gasteiger partial charge in [0.2, 0.25) is 0 Å². The zero-order valence-electron chi connectivity index (χ0n) is 11.4. The minimum atomic E-state index is -1.13. The lowest BCUT2D eigenvalue weighted by atomic mass is 10.00. The highest BCUT2D eigenvalue weighted by Gasteiger charge is 2.42. The van der Waals surface area contributed by atoms with Crippen LogP contribution in [-0.2, 0) is 5.60 Å². The molecule has 1 aliphatic rings. The molecule has 0 spiro atoms. The average Bonchev–Trinajstić information content (AvgIpc) is 3.10. The van der Waals surface area contributed by atoms with Crippen molar-refractivity contribution in [3.05, 3.63) is 35.0 Å². The number of hydrogen-bond acceptors (Lipinski definition) is 5. The molecule has 0 saturated carbocycles. The molecule has 7 nitrogen and oxygen atoms in total. The maximum atomic E-state index is 12.5. The summed E-state index contributed by atoms with van der Waals surface area (Å²) in [5, 5.41) is 20.7. The molecule has 0 radical (unpaired) electrons. The number of aliphatic hydroxyl groups is 1. The molecule has 3 rings (SSSR count). The van der Waals surface area contributed by atoms with Crippen LogP contribution in [0.4, 0.5) is 0 Å². The van der Waals surface area contributed by atoms with Crippen molar-refractivity contribution < 1.29 is 14.3 Å². The first-order valence-corrected chi connectivity index (χ1v) is 6.44. The second-order valence-corrected chi connectivity index (χ2v) is 5.21. The van der Waals surface area contributed by atoms with Gasteiger partial charge in [-0.05, 0) is 13.8 Å². The third kappa shape index (κ3) is 1.90. The summed E-state index contributed by atoms with van der Waals surface area (Å²) in [6.45, 7) is 4.29. The van der Waals surface area contributed by atoms with Gasteiger partial charge in [0.05, 0.1) is 24.6 Å². The van der Waals surface area contributed by atoms with E-state index in [0.717, 1.165) is 5.56 Å². The molecule has 2 N–H and O–H groups in total. The van der Waals surface area contributed by atoms with Crippen LogP contribution in [0.1, 0.15) is 33.8 Å². The number of aromatic nitrogens is 3. The molecular formula is C13H16N4O3. The molecule has 1 atom stereocenters. The number of H-pyrrole nitrogens is 1. The Bertz CT molecular complexity index is 615. The van der Waals surface area contributed by atoms with Gasteiger partial charge in [0.15, 0.2) is 0 Å². The fourth-order valence-electron chi connectivity index (χ4n) is 2.65. The van der Waals surface area contributed by atoms with E-state index < -0.39 is 5.60 Å². The lowest BCUT2D eigenvalue weighted by molar-refractivity contribution is 0.0381. The quantitative estimate of drug-likeness (QED) is 0.843. The van der Waals surface area contributed by atoms with Gasteiger partial charge in [-0.25, -0.2) is 0 Å². The molecule has 1 saturated heterocycles. The van der Waals surface area contributed by atoms with Crippen molar-refractivity contribution in [1.29, 1.82) is 0 Å². The van der Waals surface area contributed by atoms with E-state index in [-0.39, 0.29) is 12.5 Å². The van der Waals surface area contributed by atoms with Crippen molar-refractivity contribution in [2.45, 2.75) is 25.9 Å². The van der Waals surface area contributed by atoms with Crippen LogP contribution in [0, 0.1) is 13.8 Å². The minimum Gasteiger partial charge on any atom is -0.469 e. The van der Waals surface area contributed by atoms with E-state index in [1.165, 1.54) is 6.20 Å². The highest BCUT2D eigenvalue weighted by Crippen LogP contribution is 2.31. The summed E-state index contributed by atoms with van der Waals surface area (Å²) < 4.78 is 5.26. The number of aryl methyl sites for hydroxylation is 2. The topological polar surface area (TPSA) is 95.3 Å². The molecule has 7 heteroatoms. The number of rotatable bonds is 2. The highest BCUT2D eigenvalue weighted by atomic mass is 16.3. The molecule has 0 unspecified atom stereocenters. The Morgan fingerprint density at radius 3 is 2.95 bits per heavy atom. The molecule has 106 valence electrons. The molecule has 1 aliphatic heterocycles. The van der Waals surface area contributed by atoms with Gasteiger partial charge in [-0.15, -0.1) is 0 Å². The lowest BCUT2D eigenvalue weighted by Gasteiger charge is -2.21. The Hall–Kier alpha value is -2.15. The summed E-state index contributed by atoms with van der Waals surface area (Å²) in [5.74, 6) is 0.484. The van der Waals surface area contributed by atoms with Crippen LogP contribution >= 0.6 is 0 Å². The predicted octanol–water partition coefficient (Wildman–Crippen LogP) is 0.748. The predicted molar refractivity (Wildman–Crippen MR) is 69.0 cm³/mol. The Balaban J connectivity index is 1.83. The maximum Gasteiger partial charge on any atom is 0.257 e. The van der Waals surface area contributed by atoms with Crippen molar-refractivity contribution in [2.24, 2.45) is 0 Å². The van der Waals surface area contributed by atoms with Crippen molar-refractivity contribution in [3.8, 4) is 0 Å². The van der Waals surface area contributed by atoms with Crippen LogP contribution in [0.3, 0.4) is 0 Å². The van der Waals surface area contributed by atoms with Gasteiger partial charge < -0.3 is 14.4 Å². The van der Waals surface area contributed by atoms with Gasteiger partial charge in [-0.3, -0.25) is 4.79 Å². The van der Waals surface area contributed by atoms with Crippen molar-refractivity contribution >= 4 is 5.91 Å². The molecule has 0 bridgehead atoms.